The molecular weight excluding hydrogens is 346 g/mol. The van der Waals surface area contributed by atoms with E-state index in [2.05, 4.69) is 5.32 Å². The summed E-state index contributed by atoms with van der Waals surface area (Å²) in [6, 6.07) is 13.9. The fourth-order valence-corrected chi connectivity index (χ4v) is 2.94. The van der Waals surface area contributed by atoms with Crippen LogP contribution < -0.4 is 10.2 Å². The van der Waals surface area contributed by atoms with Gasteiger partial charge in [-0.2, -0.15) is 0 Å². The SMILES string of the molecule is C[C@@H](NC(=O)N(C)Cc1ccccc1O)c1cccc(N2CCOC2=O)c1. The van der Waals surface area contributed by atoms with Gasteiger partial charge >= 0.3 is 12.1 Å². The maximum atomic E-state index is 12.5. The first-order chi connectivity index (χ1) is 13.0. The highest BCUT2D eigenvalue weighted by Gasteiger charge is 2.24. The first kappa shape index (κ1) is 18.6. The predicted molar refractivity (Wildman–Crippen MR) is 102 cm³/mol. The smallest absolute Gasteiger partial charge is 0.414 e. The van der Waals surface area contributed by atoms with Crippen molar-refractivity contribution >= 4 is 17.8 Å². The summed E-state index contributed by atoms with van der Waals surface area (Å²) in [5.74, 6) is 0.162. The number of rotatable bonds is 5. The van der Waals surface area contributed by atoms with Crippen LogP contribution in [-0.2, 0) is 11.3 Å². The van der Waals surface area contributed by atoms with Crippen LogP contribution in [0.1, 0.15) is 24.1 Å². The van der Waals surface area contributed by atoms with Crippen molar-refractivity contribution in [1.82, 2.24) is 10.2 Å². The molecule has 1 heterocycles. The fraction of sp³-hybridized carbons (Fsp3) is 0.300. The second-order valence-corrected chi connectivity index (χ2v) is 6.52. The third kappa shape index (κ3) is 4.31. The molecule has 1 atom stereocenters. The van der Waals surface area contributed by atoms with Gasteiger partial charge in [0.15, 0.2) is 0 Å². The number of anilines is 1. The van der Waals surface area contributed by atoms with Crippen molar-refractivity contribution in [2.45, 2.75) is 19.5 Å². The molecule has 0 bridgehead atoms. The van der Waals surface area contributed by atoms with Gasteiger partial charge in [0, 0.05) is 18.3 Å². The lowest BCUT2D eigenvalue weighted by Crippen LogP contribution is -2.38. The molecule has 3 amide bonds. The number of nitrogens with one attached hydrogen (secondary N) is 1. The van der Waals surface area contributed by atoms with E-state index in [9.17, 15) is 14.7 Å². The normalized spacial score (nSPS) is 14.6. The molecule has 0 unspecified atom stereocenters. The molecular formula is C20H23N3O4. The Kier molecular flexibility index (Phi) is 5.49. The number of phenols is 1. The van der Waals surface area contributed by atoms with Gasteiger partial charge in [-0.1, -0.05) is 30.3 Å². The molecule has 1 saturated heterocycles. The number of aromatic hydroxyl groups is 1. The summed E-state index contributed by atoms with van der Waals surface area (Å²) in [5, 5.41) is 12.8. The van der Waals surface area contributed by atoms with E-state index in [1.165, 1.54) is 4.90 Å². The number of cyclic esters (lactones) is 1. The average Bonchev–Trinajstić information content (AvgIpc) is 3.09. The highest BCUT2D eigenvalue weighted by atomic mass is 16.6. The number of hydrogen-bond donors (Lipinski definition) is 2. The van der Waals surface area contributed by atoms with Crippen molar-refractivity contribution in [3.8, 4) is 5.75 Å². The van der Waals surface area contributed by atoms with E-state index in [4.69, 9.17) is 4.74 Å². The Morgan fingerprint density at radius 3 is 2.78 bits per heavy atom. The monoisotopic (exact) mass is 369 g/mol. The number of phenolic OH excluding ortho intramolecular Hbond substituents is 1. The van der Waals surface area contributed by atoms with Crippen LogP contribution in [0.5, 0.6) is 5.75 Å². The van der Waals surface area contributed by atoms with Crippen LogP contribution in [0.4, 0.5) is 15.3 Å². The molecule has 7 nitrogen and oxygen atoms in total. The summed E-state index contributed by atoms with van der Waals surface area (Å²) in [6.45, 7) is 3.08. The Labute approximate surface area is 158 Å². The number of nitrogens with zero attached hydrogens (tertiary/aromatic N) is 2. The van der Waals surface area contributed by atoms with Crippen LogP contribution in [-0.4, -0.2) is 42.3 Å². The van der Waals surface area contributed by atoms with E-state index in [0.717, 1.165) is 11.3 Å². The molecule has 1 aliphatic heterocycles. The van der Waals surface area contributed by atoms with Gasteiger partial charge in [-0.25, -0.2) is 9.59 Å². The second-order valence-electron chi connectivity index (χ2n) is 6.52. The lowest BCUT2D eigenvalue weighted by molar-refractivity contribution is 0.181. The number of urea groups is 1. The minimum atomic E-state index is -0.355. The van der Waals surface area contributed by atoms with Gasteiger partial charge in [-0.3, -0.25) is 4.90 Å². The molecule has 0 saturated carbocycles. The van der Waals surface area contributed by atoms with Crippen LogP contribution in [0.2, 0.25) is 0 Å². The molecule has 142 valence electrons. The summed E-state index contributed by atoms with van der Waals surface area (Å²) in [4.78, 5) is 27.3. The van der Waals surface area contributed by atoms with Crippen LogP contribution in [0.25, 0.3) is 0 Å². The zero-order valence-electron chi connectivity index (χ0n) is 15.4. The van der Waals surface area contributed by atoms with Crippen LogP contribution in [0, 0.1) is 0 Å². The number of benzene rings is 2. The Bertz CT molecular complexity index is 839. The van der Waals surface area contributed by atoms with Crippen LogP contribution in [0.15, 0.2) is 48.5 Å². The molecule has 0 aromatic heterocycles. The molecule has 1 aliphatic rings. The summed E-state index contributed by atoms with van der Waals surface area (Å²) >= 11 is 0. The molecule has 2 aromatic carbocycles. The molecule has 1 fully saturated rings. The van der Waals surface area contributed by atoms with Crippen molar-refractivity contribution in [2.24, 2.45) is 0 Å². The molecule has 3 rings (SSSR count). The minimum Gasteiger partial charge on any atom is -0.508 e. The van der Waals surface area contributed by atoms with Crippen molar-refractivity contribution in [2.75, 3.05) is 25.1 Å². The van der Waals surface area contributed by atoms with E-state index in [1.54, 1.807) is 30.1 Å². The summed E-state index contributed by atoms with van der Waals surface area (Å²) in [6.07, 6.45) is -0.355. The van der Waals surface area contributed by atoms with Gasteiger partial charge in [0.25, 0.3) is 0 Å². The summed E-state index contributed by atoms with van der Waals surface area (Å²) in [5.41, 5.74) is 2.31. The van der Waals surface area contributed by atoms with Gasteiger partial charge in [-0.15, -0.1) is 0 Å². The van der Waals surface area contributed by atoms with Gasteiger partial charge in [0.2, 0.25) is 0 Å². The lowest BCUT2D eigenvalue weighted by atomic mass is 10.1. The third-order valence-electron chi connectivity index (χ3n) is 4.53. The molecule has 2 aromatic rings. The van der Waals surface area contributed by atoms with E-state index in [-0.39, 0.29) is 23.9 Å². The van der Waals surface area contributed by atoms with Gasteiger partial charge in [0.05, 0.1) is 19.1 Å². The first-order valence-corrected chi connectivity index (χ1v) is 8.78. The largest absolute Gasteiger partial charge is 0.508 e. The second kappa shape index (κ2) is 7.99. The predicted octanol–water partition coefficient (Wildman–Crippen LogP) is 3.25. The van der Waals surface area contributed by atoms with Gasteiger partial charge in [0.1, 0.15) is 12.4 Å². The maximum absolute atomic E-state index is 12.5. The number of amides is 3. The number of ether oxygens (including phenoxy) is 1. The number of hydrogen-bond acceptors (Lipinski definition) is 4. The number of para-hydroxylation sites is 1. The summed E-state index contributed by atoms with van der Waals surface area (Å²) < 4.78 is 4.97. The minimum absolute atomic E-state index is 0.162. The Balaban J connectivity index is 1.64. The molecule has 7 heteroatoms. The van der Waals surface area contributed by atoms with E-state index in [1.807, 2.05) is 37.3 Å². The Morgan fingerprint density at radius 2 is 2.07 bits per heavy atom. The summed E-state index contributed by atoms with van der Waals surface area (Å²) in [7, 11) is 1.67. The third-order valence-corrected chi connectivity index (χ3v) is 4.53. The first-order valence-electron chi connectivity index (χ1n) is 8.78. The molecule has 2 N–H and O–H groups in total. The highest BCUT2D eigenvalue weighted by molar-refractivity contribution is 5.89. The Morgan fingerprint density at radius 1 is 1.30 bits per heavy atom. The fourth-order valence-electron chi connectivity index (χ4n) is 2.94. The maximum Gasteiger partial charge on any atom is 0.414 e. The zero-order valence-corrected chi connectivity index (χ0v) is 15.4. The average molecular weight is 369 g/mol. The molecule has 0 spiro atoms. The van der Waals surface area contributed by atoms with E-state index in [0.29, 0.717) is 25.3 Å². The van der Waals surface area contributed by atoms with Crippen molar-refractivity contribution in [3.05, 3.63) is 59.7 Å². The van der Waals surface area contributed by atoms with Crippen LogP contribution in [0.3, 0.4) is 0 Å². The lowest BCUT2D eigenvalue weighted by Gasteiger charge is -2.23. The quantitative estimate of drug-likeness (QED) is 0.848. The van der Waals surface area contributed by atoms with Crippen molar-refractivity contribution in [3.63, 3.8) is 0 Å². The van der Waals surface area contributed by atoms with Gasteiger partial charge < -0.3 is 20.1 Å². The van der Waals surface area contributed by atoms with Crippen LogP contribution >= 0.6 is 0 Å². The topological polar surface area (TPSA) is 82.1 Å². The molecule has 0 radical (unpaired) electrons. The van der Waals surface area contributed by atoms with Crippen molar-refractivity contribution in [1.29, 1.82) is 0 Å². The van der Waals surface area contributed by atoms with E-state index < -0.39 is 0 Å². The zero-order chi connectivity index (χ0) is 19.4. The highest BCUT2D eigenvalue weighted by Crippen LogP contribution is 2.23. The van der Waals surface area contributed by atoms with Crippen molar-refractivity contribution < 1.29 is 19.4 Å². The van der Waals surface area contributed by atoms with Gasteiger partial charge in [-0.05, 0) is 30.7 Å². The number of carbonyl (C=O) groups is 2. The van der Waals surface area contributed by atoms with E-state index >= 15 is 0 Å². The molecule has 0 aliphatic carbocycles. The number of carbonyl (C=O) groups excluding carboxylic acids is 2. The molecule has 27 heavy (non-hydrogen) atoms. The Hall–Kier alpha value is -3.22. The standard InChI is InChI=1S/C20H23N3O4/c1-14(15-7-5-8-17(12-15)23-10-11-27-20(23)26)21-19(25)22(2)13-16-6-3-4-9-18(16)24/h3-9,12,14,24H,10-11,13H2,1-2H3,(H,21,25)/t14-/m1/s1.